The van der Waals surface area contributed by atoms with Crippen LogP contribution in [0.25, 0.3) is 11.4 Å². The van der Waals surface area contributed by atoms with Crippen LogP contribution in [0, 0.1) is 11.8 Å². The Morgan fingerprint density at radius 2 is 2.14 bits per heavy atom. The molecular formula is C21H28N4O3. The first kappa shape index (κ1) is 19.9. The average molecular weight is 384 g/mol. The van der Waals surface area contributed by atoms with E-state index in [9.17, 15) is 14.7 Å². The Balaban J connectivity index is 1.72. The molecule has 3 rings (SSSR count). The number of rotatable bonds is 6. The second-order valence-corrected chi connectivity index (χ2v) is 7.59. The van der Waals surface area contributed by atoms with Gasteiger partial charge in [-0.15, -0.1) is 0 Å². The van der Waals surface area contributed by atoms with Crippen molar-refractivity contribution in [2.75, 3.05) is 18.4 Å². The van der Waals surface area contributed by atoms with E-state index in [0.29, 0.717) is 18.7 Å². The van der Waals surface area contributed by atoms with Crippen molar-refractivity contribution in [3.8, 4) is 11.4 Å². The van der Waals surface area contributed by atoms with Crippen molar-refractivity contribution in [3.63, 3.8) is 0 Å². The lowest BCUT2D eigenvalue weighted by Gasteiger charge is -2.34. The molecular weight excluding hydrogens is 356 g/mol. The molecule has 0 aliphatic carbocycles. The first-order valence-electron chi connectivity index (χ1n) is 9.88. The Bertz CT molecular complexity index is 833. The van der Waals surface area contributed by atoms with E-state index in [0.717, 1.165) is 30.8 Å². The van der Waals surface area contributed by atoms with Crippen molar-refractivity contribution >= 4 is 17.7 Å². The molecule has 150 valence electrons. The van der Waals surface area contributed by atoms with Gasteiger partial charge in [-0.05, 0) is 30.9 Å². The fourth-order valence-electron chi connectivity index (χ4n) is 3.71. The van der Waals surface area contributed by atoms with Gasteiger partial charge >= 0.3 is 12.0 Å². The molecule has 2 unspecified atom stereocenters. The summed E-state index contributed by atoms with van der Waals surface area (Å²) in [6.07, 6.45) is 6.56. The number of amides is 2. The SMILES string of the molecule is CCCCn1ccnc1-c1cccc(NC(=O)N2CC(C)CC(C(=O)O)C2)c1. The lowest BCUT2D eigenvalue weighted by Crippen LogP contribution is -2.47. The molecule has 0 saturated carbocycles. The number of carbonyl (C=O) groups is 2. The van der Waals surface area contributed by atoms with Crippen molar-refractivity contribution in [2.24, 2.45) is 11.8 Å². The number of aliphatic carboxylic acids is 1. The van der Waals surface area contributed by atoms with Crippen molar-refractivity contribution in [1.29, 1.82) is 0 Å². The molecule has 2 N–H and O–H groups in total. The van der Waals surface area contributed by atoms with E-state index in [-0.39, 0.29) is 18.5 Å². The first-order chi connectivity index (χ1) is 13.5. The van der Waals surface area contributed by atoms with Gasteiger partial charge in [0.25, 0.3) is 0 Å². The maximum atomic E-state index is 12.7. The number of aryl methyl sites for hydroxylation is 1. The second-order valence-electron chi connectivity index (χ2n) is 7.59. The Morgan fingerprint density at radius 1 is 1.32 bits per heavy atom. The van der Waals surface area contributed by atoms with Gasteiger partial charge in [0.2, 0.25) is 0 Å². The summed E-state index contributed by atoms with van der Waals surface area (Å²) >= 11 is 0. The zero-order valence-corrected chi connectivity index (χ0v) is 16.5. The predicted octanol–water partition coefficient (Wildman–Crippen LogP) is 3.92. The Kier molecular flexibility index (Phi) is 6.34. The van der Waals surface area contributed by atoms with Crippen LogP contribution in [-0.4, -0.2) is 44.6 Å². The summed E-state index contributed by atoms with van der Waals surface area (Å²) in [5.74, 6) is -0.308. The van der Waals surface area contributed by atoms with E-state index < -0.39 is 11.9 Å². The highest BCUT2D eigenvalue weighted by Crippen LogP contribution is 2.24. The van der Waals surface area contributed by atoms with E-state index in [1.165, 1.54) is 0 Å². The number of nitrogens with zero attached hydrogens (tertiary/aromatic N) is 3. The van der Waals surface area contributed by atoms with Gasteiger partial charge in [0.05, 0.1) is 5.92 Å². The van der Waals surface area contributed by atoms with Gasteiger partial charge in [0, 0.05) is 43.3 Å². The zero-order chi connectivity index (χ0) is 20.1. The number of likely N-dealkylation sites (tertiary alicyclic amines) is 1. The quantitative estimate of drug-likeness (QED) is 0.790. The monoisotopic (exact) mass is 384 g/mol. The van der Waals surface area contributed by atoms with Crippen LogP contribution in [0.1, 0.15) is 33.1 Å². The number of aromatic nitrogens is 2. The topological polar surface area (TPSA) is 87.5 Å². The minimum absolute atomic E-state index is 0.165. The largest absolute Gasteiger partial charge is 0.481 e. The third-order valence-electron chi connectivity index (χ3n) is 5.14. The lowest BCUT2D eigenvalue weighted by atomic mass is 9.91. The molecule has 7 nitrogen and oxygen atoms in total. The number of hydrogen-bond acceptors (Lipinski definition) is 3. The van der Waals surface area contributed by atoms with E-state index in [2.05, 4.69) is 21.8 Å². The van der Waals surface area contributed by atoms with Gasteiger partial charge in [0.15, 0.2) is 0 Å². The molecule has 2 heterocycles. The molecule has 0 bridgehead atoms. The van der Waals surface area contributed by atoms with E-state index in [1.807, 2.05) is 37.4 Å². The molecule has 0 spiro atoms. The van der Waals surface area contributed by atoms with Crippen molar-refractivity contribution < 1.29 is 14.7 Å². The third-order valence-corrected chi connectivity index (χ3v) is 5.14. The fraction of sp³-hybridized carbons (Fsp3) is 0.476. The molecule has 2 atom stereocenters. The highest BCUT2D eigenvalue weighted by atomic mass is 16.4. The van der Waals surface area contributed by atoms with Crippen LogP contribution in [0.15, 0.2) is 36.7 Å². The van der Waals surface area contributed by atoms with E-state index >= 15 is 0 Å². The zero-order valence-electron chi connectivity index (χ0n) is 16.5. The van der Waals surface area contributed by atoms with Crippen molar-refractivity contribution in [2.45, 2.75) is 39.7 Å². The van der Waals surface area contributed by atoms with Gasteiger partial charge in [-0.1, -0.05) is 32.4 Å². The van der Waals surface area contributed by atoms with Crippen LogP contribution in [-0.2, 0) is 11.3 Å². The highest BCUT2D eigenvalue weighted by molar-refractivity contribution is 5.90. The first-order valence-corrected chi connectivity index (χ1v) is 9.88. The van der Waals surface area contributed by atoms with Crippen LogP contribution in [0.2, 0.25) is 0 Å². The summed E-state index contributed by atoms with van der Waals surface area (Å²) in [4.78, 5) is 30.1. The summed E-state index contributed by atoms with van der Waals surface area (Å²) in [5, 5.41) is 12.2. The number of carbonyl (C=O) groups excluding carboxylic acids is 1. The molecule has 1 aliphatic rings. The molecule has 1 aromatic heterocycles. The van der Waals surface area contributed by atoms with Gasteiger partial charge < -0.3 is 19.9 Å². The summed E-state index contributed by atoms with van der Waals surface area (Å²) in [6.45, 7) is 5.85. The van der Waals surface area contributed by atoms with Crippen LogP contribution >= 0.6 is 0 Å². The number of anilines is 1. The standard InChI is InChI=1S/C21H28N4O3/c1-3-4-9-24-10-8-22-19(24)16-6-5-7-18(12-16)23-21(28)25-13-15(2)11-17(14-25)20(26)27/h5-8,10,12,15,17H,3-4,9,11,13-14H2,1-2H3,(H,23,28)(H,26,27). The number of urea groups is 1. The van der Waals surface area contributed by atoms with Crippen LogP contribution < -0.4 is 5.32 Å². The number of imidazole rings is 1. The predicted molar refractivity (Wildman–Crippen MR) is 108 cm³/mol. The minimum Gasteiger partial charge on any atom is -0.481 e. The molecule has 2 aromatic rings. The molecule has 7 heteroatoms. The maximum Gasteiger partial charge on any atom is 0.321 e. The van der Waals surface area contributed by atoms with Crippen LogP contribution in [0.5, 0.6) is 0 Å². The second kappa shape index (κ2) is 8.91. The average Bonchev–Trinajstić information content (AvgIpc) is 3.14. The van der Waals surface area contributed by atoms with Crippen molar-refractivity contribution in [1.82, 2.24) is 14.5 Å². The number of nitrogens with one attached hydrogen (secondary N) is 1. The molecule has 28 heavy (non-hydrogen) atoms. The van der Waals surface area contributed by atoms with E-state index in [4.69, 9.17) is 0 Å². The molecule has 1 aliphatic heterocycles. The molecule has 0 radical (unpaired) electrons. The summed E-state index contributed by atoms with van der Waals surface area (Å²) in [7, 11) is 0. The molecule has 1 fully saturated rings. The minimum atomic E-state index is -0.842. The number of unbranched alkanes of at least 4 members (excludes halogenated alkanes) is 1. The number of piperidine rings is 1. The normalized spacial score (nSPS) is 19.4. The third kappa shape index (κ3) is 4.71. The summed E-state index contributed by atoms with van der Waals surface area (Å²) < 4.78 is 2.12. The van der Waals surface area contributed by atoms with Gasteiger partial charge in [-0.25, -0.2) is 9.78 Å². The number of carboxylic acid groups (broad SMARTS) is 1. The van der Waals surface area contributed by atoms with Crippen LogP contribution in [0.3, 0.4) is 0 Å². The van der Waals surface area contributed by atoms with Crippen LogP contribution in [0.4, 0.5) is 10.5 Å². The van der Waals surface area contributed by atoms with Gasteiger partial charge in [-0.3, -0.25) is 4.79 Å². The Hall–Kier alpha value is -2.83. The van der Waals surface area contributed by atoms with Crippen molar-refractivity contribution in [3.05, 3.63) is 36.7 Å². The maximum absolute atomic E-state index is 12.7. The molecule has 1 aromatic carbocycles. The lowest BCUT2D eigenvalue weighted by molar-refractivity contribution is -0.143. The molecule has 2 amide bonds. The number of hydrogen-bond donors (Lipinski definition) is 2. The number of benzene rings is 1. The fourth-order valence-corrected chi connectivity index (χ4v) is 3.71. The summed E-state index contributed by atoms with van der Waals surface area (Å²) in [5.41, 5.74) is 1.62. The molecule has 1 saturated heterocycles. The van der Waals surface area contributed by atoms with Gasteiger partial charge in [0.1, 0.15) is 5.82 Å². The Labute approximate surface area is 165 Å². The van der Waals surface area contributed by atoms with E-state index in [1.54, 1.807) is 11.1 Å². The highest BCUT2D eigenvalue weighted by Gasteiger charge is 2.31. The number of carboxylic acids is 1. The smallest absolute Gasteiger partial charge is 0.321 e. The van der Waals surface area contributed by atoms with Gasteiger partial charge in [-0.2, -0.15) is 0 Å². The Morgan fingerprint density at radius 3 is 2.89 bits per heavy atom. The summed E-state index contributed by atoms with van der Waals surface area (Å²) in [6, 6.07) is 7.35.